The van der Waals surface area contributed by atoms with Crippen LogP contribution in [0.25, 0.3) is 0 Å². The van der Waals surface area contributed by atoms with Crippen molar-refractivity contribution in [1.29, 1.82) is 0 Å². The van der Waals surface area contributed by atoms with Crippen molar-refractivity contribution in [3.63, 3.8) is 0 Å². The normalized spacial score (nSPS) is 12.1. The maximum absolute atomic E-state index is 12.7. The number of hydrogen-bond donors (Lipinski definition) is 1. The minimum Gasteiger partial charge on any atom is -0.496 e. The first-order chi connectivity index (χ1) is 15.2. The summed E-state index contributed by atoms with van der Waals surface area (Å²) < 4.78 is 31.5. The number of nitrogens with one attached hydrogen (secondary N) is 1. The molecule has 0 spiro atoms. The van der Waals surface area contributed by atoms with Crippen LogP contribution in [0, 0.1) is 0 Å². The van der Waals surface area contributed by atoms with Crippen molar-refractivity contribution in [1.82, 2.24) is 5.32 Å². The number of benzene rings is 3. The molecule has 0 aliphatic carbocycles. The van der Waals surface area contributed by atoms with Crippen LogP contribution < -0.4 is 14.4 Å². The number of nitrogens with zero attached hydrogens (tertiary/aromatic N) is 1. The molecule has 0 aromatic heterocycles. The summed E-state index contributed by atoms with van der Waals surface area (Å²) in [5, 5.41) is 3.43. The van der Waals surface area contributed by atoms with E-state index >= 15 is 0 Å². The number of carbonyl (C=O) groups excluding carboxylic acids is 1. The van der Waals surface area contributed by atoms with Gasteiger partial charge in [0.15, 0.2) is 0 Å². The summed E-state index contributed by atoms with van der Waals surface area (Å²) in [5.41, 5.74) is 2.42. The first kappa shape index (κ1) is 23.6. The van der Waals surface area contributed by atoms with Crippen LogP contribution in [0.5, 0.6) is 5.75 Å². The van der Waals surface area contributed by atoms with E-state index in [4.69, 9.17) is 16.3 Å². The second-order valence-corrected chi connectivity index (χ2v) is 9.66. The van der Waals surface area contributed by atoms with Gasteiger partial charge < -0.3 is 10.1 Å². The molecule has 0 aliphatic rings. The lowest BCUT2D eigenvalue weighted by atomic mass is 10.1. The first-order valence-corrected chi connectivity index (χ1v) is 12.2. The average molecular weight is 473 g/mol. The highest BCUT2D eigenvalue weighted by Crippen LogP contribution is 2.26. The van der Waals surface area contributed by atoms with Crippen molar-refractivity contribution in [2.45, 2.75) is 19.5 Å². The molecule has 0 bridgehead atoms. The van der Waals surface area contributed by atoms with Crippen LogP contribution in [-0.2, 0) is 16.6 Å². The van der Waals surface area contributed by atoms with Crippen molar-refractivity contribution in [2.75, 3.05) is 17.7 Å². The Kier molecular flexibility index (Phi) is 7.43. The number of ether oxygens (including phenoxy) is 1. The standard InChI is InChI=1S/C24H25ClN2O4S/c1-17(21-9-5-7-11-23(21)31-2)26-24(28)18-12-14-20(15-13-18)27(32(3,29)30)16-19-8-4-6-10-22(19)25/h4-15,17H,16H2,1-3H3,(H,26,28). The molecule has 32 heavy (non-hydrogen) atoms. The molecule has 8 heteroatoms. The minimum absolute atomic E-state index is 0.0921. The molecule has 0 saturated heterocycles. The van der Waals surface area contributed by atoms with Crippen molar-refractivity contribution < 1.29 is 17.9 Å². The highest BCUT2D eigenvalue weighted by Gasteiger charge is 2.20. The Labute approximate surface area is 193 Å². The van der Waals surface area contributed by atoms with Gasteiger partial charge in [0.1, 0.15) is 5.75 Å². The third-order valence-electron chi connectivity index (χ3n) is 5.04. The third-order valence-corrected chi connectivity index (χ3v) is 6.55. The molecule has 3 aromatic carbocycles. The van der Waals surface area contributed by atoms with Gasteiger partial charge >= 0.3 is 0 Å². The fourth-order valence-corrected chi connectivity index (χ4v) is 4.42. The Bertz CT molecular complexity index is 1200. The molecule has 168 valence electrons. The van der Waals surface area contributed by atoms with E-state index < -0.39 is 10.0 Å². The first-order valence-electron chi connectivity index (χ1n) is 9.95. The number of methoxy groups -OCH3 is 1. The Morgan fingerprint density at radius 1 is 1.03 bits per heavy atom. The van der Waals surface area contributed by atoms with E-state index in [1.54, 1.807) is 55.6 Å². The lowest BCUT2D eigenvalue weighted by Gasteiger charge is -2.23. The van der Waals surface area contributed by atoms with E-state index in [-0.39, 0.29) is 18.5 Å². The summed E-state index contributed by atoms with van der Waals surface area (Å²) in [6.07, 6.45) is 1.14. The fraction of sp³-hybridized carbons (Fsp3) is 0.208. The lowest BCUT2D eigenvalue weighted by molar-refractivity contribution is 0.0939. The van der Waals surface area contributed by atoms with Crippen molar-refractivity contribution in [2.24, 2.45) is 0 Å². The van der Waals surface area contributed by atoms with Crippen LogP contribution in [0.4, 0.5) is 5.69 Å². The second kappa shape index (κ2) is 10.1. The summed E-state index contributed by atoms with van der Waals surface area (Å²) in [6, 6.07) is 20.7. The Morgan fingerprint density at radius 2 is 1.66 bits per heavy atom. The molecule has 1 N–H and O–H groups in total. The smallest absolute Gasteiger partial charge is 0.251 e. The number of halogens is 1. The Morgan fingerprint density at radius 3 is 2.28 bits per heavy atom. The third kappa shape index (κ3) is 5.60. The molecule has 0 fully saturated rings. The highest BCUT2D eigenvalue weighted by molar-refractivity contribution is 7.92. The molecule has 0 heterocycles. The van der Waals surface area contributed by atoms with Gasteiger partial charge in [0.25, 0.3) is 5.91 Å². The van der Waals surface area contributed by atoms with Crippen molar-refractivity contribution >= 4 is 33.2 Å². The summed E-state index contributed by atoms with van der Waals surface area (Å²) in [5.74, 6) is 0.422. The van der Waals surface area contributed by atoms with Gasteiger partial charge in [-0.15, -0.1) is 0 Å². The van der Waals surface area contributed by atoms with Gasteiger partial charge in [0.05, 0.1) is 31.6 Å². The molecule has 0 saturated carbocycles. The maximum atomic E-state index is 12.7. The molecule has 3 rings (SSSR count). The minimum atomic E-state index is -3.57. The lowest BCUT2D eigenvalue weighted by Crippen LogP contribution is -2.30. The van der Waals surface area contributed by atoms with Gasteiger partial charge in [-0.25, -0.2) is 8.42 Å². The molecule has 1 unspecified atom stereocenters. The zero-order valence-corrected chi connectivity index (χ0v) is 19.7. The predicted octanol–water partition coefficient (Wildman–Crippen LogP) is 4.81. The van der Waals surface area contributed by atoms with E-state index in [9.17, 15) is 13.2 Å². The Balaban J connectivity index is 1.79. The summed E-state index contributed by atoms with van der Waals surface area (Å²) in [6.45, 7) is 1.97. The number of para-hydroxylation sites is 1. The molecule has 1 atom stereocenters. The van der Waals surface area contributed by atoms with Gasteiger partial charge in [-0.2, -0.15) is 0 Å². The molecular formula is C24H25ClN2O4S. The molecule has 0 aliphatic heterocycles. The fourth-order valence-electron chi connectivity index (χ4n) is 3.34. The van der Waals surface area contributed by atoms with Crippen LogP contribution in [0.3, 0.4) is 0 Å². The van der Waals surface area contributed by atoms with Gasteiger partial charge in [-0.3, -0.25) is 9.10 Å². The van der Waals surface area contributed by atoms with E-state index in [1.807, 2.05) is 31.2 Å². The van der Waals surface area contributed by atoms with E-state index in [0.29, 0.717) is 27.6 Å². The van der Waals surface area contributed by atoms with E-state index in [1.165, 1.54) is 4.31 Å². The second-order valence-electron chi connectivity index (χ2n) is 7.35. The van der Waals surface area contributed by atoms with Crippen molar-refractivity contribution in [3.05, 3.63) is 94.5 Å². The topological polar surface area (TPSA) is 75.7 Å². The number of hydrogen-bond acceptors (Lipinski definition) is 4. The summed E-state index contributed by atoms with van der Waals surface area (Å²) in [7, 11) is -1.98. The average Bonchev–Trinajstić information content (AvgIpc) is 2.77. The number of anilines is 1. The molecule has 3 aromatic rings. The number of sulfonamides is 1. The molecular weight excluding hydrogens is 448 g/mol. The van der Waals surface area contributed by atoms with Crippen LogP contribution in [0.2, 0.25) is 5.02 Å². The van der Waals surface area contributed by atoms with Gasteiger partial charge in [0.2, 0.25) is 10.0 Å². The molecule has 0 radical (unpaired) electrons. The highest BCUT2D eigenvalue weighted by atomic mass is 35.5. The maximum Gasteiger partial charge on any atom is 0.251 e. The molecule has 1 amide bonds. The van der Waals surface area contributed by atoms with Crippen LogP contribution in [0.1, 0.15) is 34.5 Å². The van der Waals surface area contributed by atoms with E-state index in [0.717, 1.165) is 11.8 Å². The van der Waals surface area contributed by atoms with Gasteiger partial charge in [-0.05, 0) is 48.9 Å². The molecule has 6 nitrogen and oxygen atoms in total. The monoisotopic (exact) mass is 472 g/mol. The van der Waals surface area contributed by atoms with E-state index in [2.05, 4.69) is 5.32 Å². The van der Waals surface area contributed by atoms with Crippen LogP contribution in [0.15, 0.2) is 72.8 Å². The Hall–Kier alpha value is -3.03. The van der Waals surface area contributed by atoms with Gasteiger partial charge in [0, 0.05) is 16.1 Å². The number of rotatable bonds is 8. The zero-order chi connectivity index (χ0) is 23.3. The quantitative estimate of drug-likeness (QED) is 0.510. The van der Waals surface area contributed by atoms with Crippen LogP contribution >= 0.6 is 11.6 Å². The van der Waals surface area contributed by atoms with Crippen molar-refractivity contribution in [3.8, 4) is 5.75 Å². The zero-order valence-electron chi connectivity index (χ0n) is 18.1. The van der Waals surface area contributed by atoms with Crippen LogP contribution in [-0.4, -0.2) is 27.7 Å². The number of amides is 1. The largest absolute Gasteiger partial charge is 0.496 e. The predicted molar refractivity (Wildman–Crippen MR) is 128 cm³/mol. The summed E-state index contributed by atoms with van der Waals surface area (Å²) in [4.78, 5) is 12.7. The summed E-state index contributed by atoms with van der Waals surface area (Å²) >= 11 is 6.21. The van der Waals surface area contributed by atoms with Gasteiger partial charge in [-0.1, -0.05) is 48.0 Å². The SMILES string of the molecule is COc1ccccc1C(C)NC(=O)c1ccc(N(Cc2ccccc2Cl)S(C)(=O)=O)cc1. The number of carbonyl (C=O) groups is 1.